The summed E-state index contributed by atoms with van der Waals surface area (Å²) in [6.45, 7) is 1.93. The summed E-state index contributed by atoms with van der Waals surface area (Å²) in [5, 5.41) is 13.7. The second-order valence-corrected chi connectivity index (χ2v) is 4.18. The van der Waals surface area contributed by atoms with Crippen molar-refractivity contribution in [2.75, 3.05) is 0 Å². The van der Waals surface area contributed by atoms with Gasteiger partial charge in [-0.1, -0.05) is 16.8 Å². The Morgan fingerprint density at radius 3 is 2.68 bits per heavy atom. The first-order valence-corrected chi connectivity index (χ1v) is 5.78. The van der Waals surface area contributed by atoms with Gasteiger partial charge < -0.3 is 9.63 Å². The average molecular weight is 253 g/mol. The van der Waals surface area contributed by atoms with E-state index in [1.165, 1.54) is 0 Å². The number of benzene rings is 1. The fraction of sp³-hybridized carbons (Fsp3) is 0.0714. The van der Waals surface area contributed by atoms with Gasteiger partial charge in [-0.15, -0.1) is 0 Å². The molecule has 0 fully saturated rings. The van der Waals surface area contributed by atoms with E-state index in [9.17, 15) is 5.11 Å². The maximum Gasteiger partial charge on any atom is 0.262 e. The highest BCUT2D eigenvalue weighted by Crippen LogP contribution is 2.29. The first kappa shape index (κ1) is 11.4. The Morgan fingerprint density at radius 1 is 1.11 bits per heavy atom. The van der Waals surface area contributed by atoms with Crippen molar-refractivity contribution in [1.82, 2.24) is 15.1 Å². The van der Waals surface area contributed by atoms with Crippen LogP contribution < -0.4 is 0 Å². The molecule has 0 amide bonds. The molecule has 0 aliphatic carbocycles. The van der Waals surface area contributed by atoms with Crippen molar-refractivity contribution >= 4 is 0 Å². The van der Waals surface area contributed by atoms with Crippen molar-refractivity contribution in [2.45, 2.75) is 6.92 Å². The van der Waals surface area contributed by atoms with Gasteiger partial charge in [-0.25, -0.2) is 0 Å². The second-order valence-electron chi connectivity index (χ2n) is 4.18. The largest absolute Gasteiger partial charge is 0.507 e. The molecule has 1 aromatic carbocycles. The summed E-state index contributed by atoms with van der Waals surface area (Å²) in [4.78, 5) is 8.22. The molecular weight excluding hydrogens is 242 g/mol. The fourth-order valence-electron chi connectivity index (χ4n) is 1.77. The molecule has 0 aliphatic rings. The topological polar surface area (TPSA) is 72.0 Å². The number of phenols is 1. The Balaban J connectivity index is 2.04. The number of aryl methyl sites for hydroxylation is 1. The number of pyridine rings is 1. The average Bonchev–Trinajstić information content (AvgIpc) is 2.92. The molecule has 0 bridgehead atoms. The number of rotatable bonds is 2. The van der Waals surface area contributed by atoms with Crippen LogP contribution in [0.1, 0.15) is 5.56 Å². The number of nitrogens with zero attached hydrogens (tertiary/aromatic N) is 3. The number of hydrogen-bond donors (Lipinski definition) is 1. The lowest BCUT2D eigenvalue weighted by Crippen LogP contribution is -1.83. The number of phenolic OH excluding ortho intramolecular Hbond substituents is 1. The maximum atomic E-state index is 9.83. The van der Waals surface area contributed by atoms with E-state index in [0.717, 1.165) is 11.1 Å². The highest BCUT2D eigenvalue weighted by Gasteiger charge is 2.13. The molecule has 0 saturated carbocycles. The summed E-state index contributed by atoms with van der Waals surface area (Å²) in [6.07, 6.45) is 3.32. The molecule has 3 rings (SSSR count). The normalized spacial score (nSPS) is 10.6. The summed E-state index contributed by atoms with van der Waals surface area (Å²) >= 11 is 0. The first-order valence-electron chi connectivity index (χ1n) is 5.78. The van der Waals surface area contributed by atoms with E-state index in [1.807, 2.05) is 13.0 Å². The highest BCUT2D eigenvalue weighted by atomic mass is 16.5. The lowest BCUT2D eigenvalue weighted by atomic mass is 10.1. The van der Waals surface area contributed by atoms with Crippen LogP contribution in [0.15, 0.2) is 47.2 Å². The van der Waals surface area contributed by atoms with E-state index in [2.05, 4.69) is 15.1 Å². The van der Waals surface area contributed by atoms with E-state index in [1.54, 1.807) is 36.7 Å². The Labute approximate surface area is 109 Å². The van der Waals surface area contributed by atoms with Gasteiger partial charge in [0, 0.05) is 18.0 Å². The van der Waals surface area contributed by atoms with Crippen molar-refractivity contribution < 1.29 is 9.63 Å². The highest BCUT2D eigenvalue weighted by molar-refractivity contribution is 5.65. The molecule has 0 saturated heterocycles. The smallest absolute Gasteiger partial charge is 0.262 e. The van der Waals surface area contributed by atoms with Crippen LogP contribution in [0.25, 0.3) is 22.8 Å². The molecule has 2 heterocycles. The van der Waals surface area contributed by atoms with Gasteiger partial charge in [0.25, 0.3) is 5.89 Å². The van der Waals surface area contributed by atoms with Gasteiger partial charge in [0.1, 0.15) is 5.75 Å². The zero-order valence-electron chi connectivity index (χ0n) is 10.2. The second kappa shape index (κ2) is 4.53. The van der Waals surface area contributed by atoms with Crippen molar-refractivity contribution in [1.29, 1.82) is 0 Å². The predicted molar refractivity (Wildman–Crippen MR) is 69.4 cm³/mol. The van der Waals surface area contributed by atoms with Crippen LogP contribution in [-0.2, 0) is 0 Å². The number of aromatic nitrogens is 3. The lowest BCUT2D eigenvalue weighted by Gasteiger charge is -1.99. The van der Waals surface area contributed by atoms with Crippen molar-refractivity contribution in [3.05, 3.63) is 48.3 Å². The Hall–Kier alpha value is -2.69. The van der Waals surface area contributed by atoms with E-state index in [-0.39, 0.29) is 5.75 Å². The Morgan fingerprint density at radius 2 is 1.89 bits per heavy atom. The summed E-state index contributed by atoms with van der Waals surface area (Å²) in [5.41, 5.74) is 2.36. The van der Waals surface area contributed by atoms with Crippen LogP contribution in [-0.4, -0.2) is 20.2 Å². The molecule has 0 atom stereocenters. The van der Waals surface area contributed by atoms with Gasteiger partial charge in [0.2, 0.25) is 5.82 Å². The molecule has 2 aromatic heterocycles. The van der Waals surface area contributed by atoms with Crippen LogP contribution in [0.4, 0.5) is 0 Å². The first-order chi connectivity index (χ1) is 9.24. The third-order valence-electron chi connectivity index (χ3n) is 2.75. The quantitative estimate of drug-likeness (QED) is 0.760. The summed E-state index contributed by atoms with van der Waals surface area (Å²) in [7, 11) is 0. The van der Waals surface area contributed by atoms with Crippen molar-refractivity contribution in [2.24, 2.45) is 0 Å². The van der Waals surface area contributed by atoms with Gasteiger partial charge in [0.15, 0.2) is 0 Å². The molecular formula is C14H11N3O2. The van der Waals surface area contributed by atoms with Crippen LogP contribution in [0.3, 0.4) is 0 Å². The van der Waals surface area contributed by atoms with Gasteiger partial charge >= 0.3 is 0 Å². The van der Waals surface area contributed by atoms with Crippen molar-refractivity contribution in [3.8, 4) is 28.6 Å². The number of aromatic hydroxyl groups is 1. The minimum absolute atomic E-state index is 0.121. The SMILES string of the molecule is Cc1ccc(O)c(-c2nc(-c3ccncc3)no2)c1. The monoisotopic (exact) mass is 253 g/mol. The van der Waals surface area contributed by atoms with E-state index in [4.69, 9.17) is 4.52 Å². The van der Waals surface area contributed by atoms with E-state index in [0.29, 0.717) is 17.3 Å². The standard InChI is InChI=1S/C14H11N3O2/c1-9-2-3-12(18)11(8-9)14-16-13(17-19-14)10-4-6-15-7-5-10/h2-8,18H,1H3. The molecule has 0 unspecified atom stereocenters. The molecule has 0 spiro atoms. The minimum Gasteiger partial charge on any atom is -0.507 e. The molecule has 94 valence electrons. The van der Waals surface area contributed by atoms with Crippen LogP contribution in [0.2, 0.25) is 0 Å². The van der Waals surface area contributed by atoms with E-state index < -0.39 is 0 Å². The summed E-state index contributed by atoms with van der Waals surface area (Å²) in [5.74, 6) is 0.891. The lowest BCUT2D eigenvalue weighted by molar-refractivity contribution is 0.425. The van der Waals surface area contributed by atoms with Gasteiger partial charge in [-0.05, 0) is 31.2 Å². The van der Waals surface area contributed by atoms with Crippen LogP contribution in [0, 0.1) is 6.92 Å². The zero-order valence-corrected chi connectivity index (χ0v) is 10.2. The van der Waals surface area contributed by atoms with Crippen LogP contribution >= 0.6 is 0 Å². The van der Waals surface area contributed by atoms with Crippen LogP contribution in [0.5, 0.6) is 5.75 Å². The summed E-state index contributed by atoms with van der Waals surface area (Å²) < 4.78 is 5.20. The molecule has 5 nitrogen and oxygen atoms in total. The van der Waals surface area contributed by atoms with Crippen molar-refractivity contribution in [3.63, 3.8) is 0 Å². The number of hydrogen-bond acceptors (Lipinski definition) is 5. The molecule has 19 heavy (non-hydrogen) atoms. The molecule has 5 heteroatoms. The molecule has 3 aromatic rings. The Bertz CT molecular complexity index is 708. The molecule has 0 aliphatic heterocycles. The molecule has 1 N–H and O–H groups in total. The van der Waals surface area contributed by atoms with Gasteiger partial charge in [0.05, 0.1) is 5.56 Å². The fourth-order valence-corrected chi connectivity index (χ4v) is 1.77. The predicted octanol–water partition coefficient (Wildman–Crippen LogP) is 2.81. The van der Waals surface area contributed by atoms with Gasteiger partial charge in [-0.3, -0.25) is 4.98 Å². The summed E-state index contributed by atoms with van der Waals surface area (Å²) in [6, 6.07) is 8.83. The zero-order chi connectivity index (χ0) is 13.2. The van der Waals surface area contributed by atoms with Gasteiger partial charge in [-0.2, -0.15) is 4.98 Å². The third-order valence-corrected chi connectivity index (χ3v) is 2.75. The maximum absolute atomic E-state index is 9.83. The molecule has 0 radical (unpaired) electrons. The Kier molecular flexibility index (Phi) is 2.72. The minimum atomic E-state index is 0.121. The van der Waals surface area contributed by atoms with E-state index >= 15 is 0 Å². The third kappa shape index (κ3) is 2.18.